The van der Waals surface area contributed by atoms with Gasteiger partial charge in [0.2, 0.25) is 5.91 Å². The van der Waals surface area contributed by atoms with Crippen molar-refractivity contribution in [2.45, 2.75) is 38.6 Å². The van der Waals surface area contributed by atoms with Crippen LogP contribution in [0.5, 0.6) is 0 Å². The number of hydrogen-bond donors (Lipinski definition) is 0. The van der Waals surface area contributed by atoms with E-state index in [1.807, 2.05) is 29.3 Å². The molecule has 5 nitrogen and oxygen atoms in total. The number of imidazole rings is 1. The highest BCUT2D eigenvalue weighted by Gasteiger charge is 2.30. The smallest absolute Gasteiger partial charge is 0.222 e. The molecule has 1 aliphatic heterocycles. The molecule has 1 aromatic carbocycles. The number of benzene rings is 1. The van der Waals surface area contributed by atoms with Crippen molar-refractivity contribution in [1.82, 2.24) is 14.5 Å². The maximum atomic E-state index is 12.5. The van der Waals surface area contributed by atoms with Gasteiger partial charge in [-0.05, 0) is 25.3 Å². The predicted molar refractivity (Wildman–Crippen MR) is 97.5 cm³/mol. The zero-order valence-electron chi connectivity index (χ0n) is 15.1. The molecule has 134 valence electrons. The Hall–Kier alpha value is -2.14. The fraction of sp³-hybridized carbons (Fsp3) is 0.500. The van der Waals surface area contributed by atoms with E-state index in [1.165, 1.54) is 5.56 Å². The Morgan fingerprint density at radius 2 is 2.12 bits per heavy atom. The van der Waals surface area contributed by atoms with Crippen LogP contribution in [0.25, 0.3) is 0 Å². The summed E-state index contributed by atoms with van der Waals surface area (Å²) in [6, 6.07) is 10.2. The highest BCUT2D eigenvalue weighted by Crippen LogP contribution is 2.27. The maximum Gasteiger partial charge on any atom is 0.222 e. The van der Waals surface area contributed by atoms with E-state index >= 15 is 0 Å². The van der Waals surface area contributed by atoms with E-state index in [1.54, 1.807) is 7.11 Å². The first-order chi connectivity index (χ1) is 12.2. The molecule has 3 rings (SSSR count). The summed E-state index contributed by atoms with van der Waals surface area (Å²) in [5.74, 6) is 1.66. The number of rotatable bonds is 7. The molecule has 0 N–H and O–H groups in total. The van der Waals surface area contributed by atoms with Crippen LogP contribution in [0.2, 0.25) is 0 Å². The van der Waals surface area contributed by atoms with Crippen LogP contribution < -0.4 is 0 Å². The molecule has 25 heavy (non-hydrogen) atoms. The molecular weight excluding hydrogens is 314 g/mol. The van der Waals surface area contributed by atoms with Gasteiger partial charge >= 0.3 is 0 Å². The van der Waals surface area contributed by atoms with Gasteiger partial charge in [0.1, 0.15) is 5.82 Å². The molecule has 2 heterocycles. The molecule has 1 atom stereocenters. The molecule has 1 fully saturated rings. The molecule has 0 radical (unpaired) electrons. The number of aryl methyl sites for hydroxylation is 2. The lowest BCUT2D eigenvalue weighted by atomic mass is 10.1. The zero-order chi connectivity index (χ0) is 17.6. The third-order valence-electron chi connectivity index (χ3n) is 4.98. The minimum absolute atomic E-state index is 0.248. The number of aromatic nitrogens is 2. The van der Waals surface area contributed by atoms with E-state index in [-0.39, 0.29) is 5.91 Å². The molecule has 1 saturated heterocycles. The van der Waals surface area contributed by atoms with Gasteiger partial charge in [0.05, 0.1) is 6.61 Å². The van der Waals surface area contributed by atoms with Crippen molar-refractivity contribution in [3.05, 3.63) is 53.6 Å². The molecular formula is C20H27N3O2. The molecule has 1 aromatic heterocycles. The molecule has 5 heteroatoms. The summed E-state index contributed by atoms with van der Waals surface area (Å²) in [7, 11) is 1.72. The van der Waals surface area contributed by atoms with Gasteiger partial charge in [-0.1, -0.05) is 30.3 Å². The summed E-state index contributed by atoms with van der Waals surface area (Å²) in [5, 5.41) is 0. The zero-order valence-corrected chi connectivity index (χ0v) is 15.1. The van der Waals surface area contributed by atoms with Crippen molar-refractivity contribution in [2.75, 3.05) is 26.8 Å². The standard InChI is InChI=1S/C20H27N3O2/c1-16-14-21-20(23(16)12-13-25-2)18-10-11-22(15-18)19(24)9-8-17-6-4-3-5-7-17/h3-7,14,18H,8-13,15H2,1-2H3. The second-order valence-corrected chi connectivity index (χ2v) is 6.71. The van der Waals surface area contributed by atoms with Crippen molar-refractivity contribution in [3.8, 4) is 0 Å². The average Bonchev–Trinajstić information content (AvgIpc) is 3.25. The molecule has 1 aliphatic rings. The molecule has 0 aliphatic carbocycles. The van der Waals surface area contributed by atoms with Crippen molar-refractivity contribution in [2.24, 2.45) is 0 Å². The second-order valence-electron chi connectivity index (χ2n) is 6.71. The lowest BCUT2D eigenvalue weighted by Crippen LogP contribution is -2.29. The average molecular weight is 341 g/mol. The minimum Gasteiger partial charge on any atom is -0.383 e. The topological polar surface area (TPSA) is 47.4 Å². The number of hydrogen-bond acceptors (Lipinski definition) is 3. The highest BCUT2D eigenvalue weighted by molar-refractivity contribution is 5.76. The summed E-state index contributed by atoms with van der Waals surface area (Å²) >= 11 is 0. The quantitative estimate of drug-likeness (QED) is 0.778. The van der Waals surface area contributed by atoms with Crippen molar-refractivity contribution in [1.29, 1.82) is 0 Å². The number of carbonyl (C=O) groups excluding carboxylic acids is 1. The van der Waals surface area contributed by atoms with Gasteiger partial charge in [0, 0.05) is 51.0 Å². The van der Waals surface area contributed by atoms with E-state index in [0.29, 0.717) is 18.9 Å². The van der Waals surface area contributed by atoms with Gasteiger partial charge in [0.25, 0.3) is 0 Å². The largest absolute Gasteiger partial charge is 0.383 e. The molecule has 0 saturated carbocycles. The maximum absolute atomic E-state index is 12.5. The van der Waals surface area contributed by atoms with Gasteiger partial charge in [-0.3, -0.25) is 4.79 Å². The number of ether oxygens (including phenoxy) is 1. The summed E-state index contributed by atoms with van der Waals surface area (Å²) in [4.78, 5) is 19.1. The van der Waals surface area contributed by atoms with E-state index < -0.39 is 0 Å². The Morgan fingerprint density at radius 3 is 2.88 bits per heavy atom. The number of amides is 1. The monoisotopic (exact) mass is 341 g/mol. The first-order valence-corrected chi connectivity index (χ1v) is 9.01. The minimum atomic E-state index is 0.248. The Labute approximate surface area is 149 Å². The van der Waals surface area contributed by atoms with E-state index in [9.17, 15) is 4.79 Å². The Balaban J connectivity index is 1.57. The van der Waals surface area contributed by atoms with Crippen LogP contribution >= 0.6 is 0 Å². The van der Waals surface area contributed by atoms with Gasteiger partial charge in [-0.2, -0.15) is 0 Å². The summed E-state index contributed by atoms with van der Waals surface area (Å²) in [6.45, 7) is 5.17. The third kappa shape index (κ3) is 4.28. The van der Waals surface area contributed by atoms with Crippen LogP contribution in [0, 0.1) is 6.92 Å². The van der Waals surface area contributed by atoms with Crippen molar-refractivity contribution >= 4 is 5.91 Å². The number of nitrogens with zero attached hydrogens (tertiary/aromatic N) is 3. The second kappa shape index (κ2) is 8.30. The molecule has 2 aromatic rings. The summed E-state index contributed by atoms with van der Waals surface area (Å²) in [6.07, 6.45) is 4.29. The molecule has 1 amide bonds. The van der Waals surface area contributed by atoms with Crippen LogP contribution in [0.4, 0.5) is 0 Å². The van der Waals surface area contributed by atoms with Gasteiger partial charge in [0.15, 0.2) is 0 Å². The normalized spacial score (nSPS) is 17.2. The molecule has 1 unspecified atom stereocenters. The summed E-state index contributed by atoms with van der Waals surface area (Å²) < 4.78 is 7.44. The van der Waals surface area contributed by atoms with Crippen LogP contribution in [-0.4, -0.2) is 47.2 Å². The van der Waals surface area contributed by atoms with Gasteiger partial charge < -0.3 is 14.2 Å². The lowest BCUT2D eigenvalue weighted by molar-refractivity contribution is -0.130. The Morgan fingerprint density at radius 1 is 1.32 bits per heavy atom. The summed E-state index contributed by atoms with van der Waals surface area (Å²) in [5.41, 5.74) is 2.37. The Bertz CT molecular complexity index is 696. The predicted octanol–water partition coefficient (Wildman–Crippen LogP) is 2.79. The van der Waals surface area contributed by atoms with E-state index in [4.69, 9.17) is 4.74 Å². The van der Waals surface area contributed by atoms with Gasteiger partial charge in [-0.15, -0.1) is 0 Å². The molecule has 0 bridgehead atoms. The first kappa shape index (κ1) is 17.7. The van der Waals surface area contributed by atoms with Gasteiger partial charge in [-0.25, -0.2) is 4.98 Å². The first-order valence-electron chi connectivity index (χ1n) is 9.01. The van der Waals surface area contributed by atoms with Crippen LogP contribution in [0.3, 0.4) is 0 Å². The van der Waals surface area contributed by atoms with E-state index in [0.717, 1.165) is 44.0 Å². The number of methoxy groups -OCH3 is 1. The third-order valence-corrected chi connectivity index (χ3v) is 4.98. The fourth-order valence-corrected chi connectivity index (χ4v) is 3.53. The fourth-order valence-electron chi connectivity index (χ4n) is 3.53. The molecule has 0 spiro atoms. The number of carbonyl (C=O) groups is 1. The lowest BCUT2D eigenvalue weighted by Gasteiger charge is -2.17. The van der Waals surface area contributed by atoms with Crippen LogP contribution in [0.15, 0.2) is 36.5 Å². The van der Waals surface area contributed by atoms with Crippen molar-refractivity contribution < 1.29 is 9.53 Å². The number of likely N-dealkylation sites (tertiary alicyclic amines) is 1. The van der Waals surface area contributed by atoms with Crippen LogP contribution in [0.1, 0.15) is 35.8 Å². The van der Waals surface area contributed by atoms with Crippen molar-refractivity contribution in [3.63, 3.8) is 0 Å². The highest BCUT2D eigenvalue weighted by atomic mass is 16.5. The Kier molecular flexibility index (Phi) is 5.87. The van der Waals surface area contributed by atoms with Crippen LogP contribution in [-0.2, 0) is 22.5 Å². The van der Waals surface area contributed by atoms with E-state index in [2.05, 4.69) is 28.6 Å². The SMILES string of the molecule is COCCn1c(C)cnc1C1CCN(C(=O)CCc2ccccc2)C1.